The first-order valence-corrected chi connectivity index (χ1v) is 6.40. The number of ether oxygens (including phenoxy) is 1. The molecular formula is C16H17NO3. The Balaban J connectivity index is 2.46. The zero-order valence-corrected chi connectivity index (χ0v) is 11.0. The normalized spacial score (nSPS) is 11.1. The molecule has 20 heavy (non-hydrogen) atoms. The monoisotopic (exact) mass is 271 g/mol. The Hall–Kier alpha value is -2.17. The molecule has 4 nitrogen and oxygen atoms in total. The fourth-order valence-electron chi connectivity index (χ4n) is 2.02. The largest absolute Gasteiger partial charge is 0.462 e. The number of carbonyl (C=O) groups excluding carboxylic acids is 1. The van der Waals surface area contributed by atoms with Crippen LogP contribution < -0.4 is 5.73 Å². The molecule has 0 saturated heterocycles. The summed E-state index contributed by atoms with van der Waals surface area (Å²) in [7, 11) is 0. The molecule has 0 radical (unpaired) electrons. The Labute approximate surface area is 117 Å². The summed E-state index contributed by atoms with van der Waals surface area (Å²) in [5.74, 6) is -0.722. The van der Waals surface area contributed by atoms with Crippen molar-refractivity contribution >= 4 is 5.97 Å². The van der Waals surface area contributed by atoms with E-state index < -0.39 is 11.6 Å². The van der Waals surface area contributed by atoms with Crippen molar-refractivity contribution in [1.29, 1.82) is 0 Å². The highest BCUT2D eigenvalue weighted by Crippen LogP contribution is 2.30. The maximum absolute atomic E-state index is 12.3. The SMILES string of the molecule is NCCOC(=O)C(O)(c1ccccc1)c1ccccc1. The Kier molecular flexibility index (Phi) is 4.50. The van der Waals surface area contributed by atoms with Crippen LogP contribution in [0.1, 0.15) is 11.1 Å². The van der Waals surface area contributed by atoms with E-state index in [1.54, 1.807) is 48.5 Å². The summed E-state index contributed by atoms with van der Waals surface area (Å²) >= 11 is 0. The topological polar surface area (TPSA) is 72.5 Å². The highest BCUT2D eigenvalue weighted by atomic mass is 16.5. The molecule has 0 aliphatic carbocycles. The number of rotatable bonds is 5. The summed E-state index contributed by atoms with van der Waals surface area (Å²) in [5.41, 5.74) is 4.45. The van der Waals surface area contributed by atoms with Crippen LogP contribution >= 0.6 is 0 Å². The summed E-state index contributed by atoms with van der Waals surface area (Å²) in [6.45, 7) is 0.284. The molecule has 2 aromatic carbocycles. The van der Waals surface area contributed by atoms with Crippen molar-refractivity contribution in [2.45, 2.75) is 5.60 Å². The summed E-state index contributed by atoms with van der Waals surface area (Å²) < 4.78 is 5.05. The van der Waals surface area contributed by atoms with Crippen molar-refractivity contribution < 1.29 is 14.6 Å². The highest BCUT2D eigenvalue weighted by molar-refractivity contribution is 5.85. The van der Waals surface area contributed by atoms with Crippen molar-refractivity contribution in [2.75, 3.05) is 13.2 Å². The van der Waals surface area contributed by atoms with Gasteiger partial charge in [-0.2, -0.15) is 0 Å². The standard InChI is InChI=1S/C16H17NO3/c17-11-12-20-15(18)16(19,13-7-3-1-4-8-13)14-9-5-2-6-10-14/h1-10,19H,11-12,17H2. The van der Waals surface area contributed by atoms with E-state index in [1.807, 2.05) is 12.1 Å². The van der Waals surface area contributed by atoms with Crippen molar-refractivity contribution in [3.05, 3.63) is 71.8 Å². The quantitative estimate of drug-likeness (QED) is 0.807. The van der Waals surface area contributed by atoms with Crippen molar-refractivity contribution in [3.8, 4) is 0 Å². The molecule has 0 spiro atoms. The predicted molar refractivity (Wildman–Crippen MR) is 75.9 cm³/mol. The molecule has 0 unspecified atom stereocenters. The Morgan fingerprint density at radius 3 is 1.85 bits per heavy atom. The van der Waals surface area contributed by atoms with Crippen molar-refractivity contribution in [1.82, 2.24) is 0 Å². The lowest BCUT2D eigenvalue weighted by atomic mass is 9.86. The first-order valence-electron chi connectivity index (χ1n) is 6.40. The summed E-state index contributed by atoms with van der Waals surface area (Å²) in [4.78, 5) is 12.3. The number of carbonyl (C=O) groups is 1. The lowest BCUT2D eigenvalue weighted by molar-refractivity contribution is -0.161. The minimum atomic E-state index is -1.82. The smallest absolute Gasteiger partial charge is 0.347 e. The molecule has 0 aromatic heterocycles. The molecule has 0 aliphatic rings. The van der Waals surface area contributed by atoms with Crippen LogP contribution in [0.3, 0.4) is 0 Å². The van der Waals surface area contributed by atoms with Gasteiger partial charge >= 0.3 is 5.97 Å². The van der Waals surface area contributed by atoms with E-state index in [9.17, 15) is 9.90 Å². The number of nitrogens with two attached hydrogens (primary N) is 1. The van der Waals surface area contributed by atoms with Crippen LogP contribution in [0.15, 0.2) is 60.7 Å². The van der Waals surface area contributed by atoms with Crippen LogP contribution in [0.25, 0.3) is 0 Å². The van der Waals surface area contributed by atoms with Gasteiger partial charge in [-0.15, -0.1) is 0 Å². The Morgan fingerprint density at radius 1 is 1.00 bits per heavy atom. The molecular weight excluding hydrogens is 254 g/mol. The molecule has 2 rings (SSSR count). The van der Waals surface area contributed by atoms with Crippen LogP contribution in [0, 0.1) is 0 Å². The van der Waals surface area contributed by atoms with Crippen LogP contribution in [-0.4, -0.2) is 24.2 Å². The van der Waals surface area contributed by atoms with Crippen LogP contribution in [0.4, 0.5) is 0 Å². The maximum Gasteiger partial charge on any atom is 0.347 e. The third kappa shape index (κ3) is 2.71. The van der Waals surface area contributed by atoms with Gasteiger partial charge in [0.05, 0.1) is 0 Å². The fraction of sp³-hybridized carbons (Fsp3) is 0.188. The van der Waals surface area contributed by atoms with E-state index >= 15 is 0 Å². The van der Waals surface area contributed by atoms with E-state index in [2.05, 4.69) is 0 Å². The summed E-state index contributed by atoms with van der Waals surface area (Å²) in [5, 5.41) is 10.9. The summed E-state index contributed by atoms with van der Waals surface area (Å²) in [6, 6.07) is 17.5. The summed E-state index contributed by atoms with van der Waals surface area (Å²) in [6.07, 6.45) is 0. The van der Waals surface area contributed by atoms with Gasteiger partial charge in [0.15, 0.2) is 0 Å². The van der Waals surface area contributed by atoms with Gasteiger partial charge in [0.25, 0.3) is 0 Å². The average molecular weight is 271 g/mol. The number of hydrogen-bond donors (Lipinski definition) is 2. The van der Waals surface area contributed by atoms with Gasteiger partial charge in [-0.25, -0.2) is 4.79 Å². The number of esters is 1. The van der Waals surface area contributed by atoms with Gasteiger partial charge in [0.1, 0.15) is 6.61 Å². The van der Waals surface area contributed by atoms with E-state index in [1.165, 1.54) is 0 Å². The lowest BCUT2D eigenvalue weighted by Gasteiger charge is -2.26. The zero-order chi connectivity index (χ0) is 14.4. The number of aliphatic hydroxyl groups is 1. The third-order valence-corrected chi connectivity index (χ3v) is 3.03. The molecule has 4 heteroatoms. The second-order valence-electron chi connectivity index (χ2n) is 4.37. The van der Waals surface area contributed by atoms with Crippen molar-refractivity contribution in [2.24, 2.45) is 5.73 Å². The first kappa shape index (κ1) is 14.2. The highest BCUT2D eigenvalue weighted by Gasteiger charge is 2.41. The number of hydrogen-bond acceptors (Lipinski definition) is 4. The van der Waals surface area contributed by atoms with E-state index in [4.69, 9.17) is 10.5 Å². The molecule has 3 N–H and O–H groups in total. The zero-order valence-electron chi connectivity index (χ0n) is 11.0. The molecule has 0 heterocycles. The second kappa shape index (κ2) is 6.32. The first-order chi connectivity index (χ1) is 9.69. The van der Waals surface area contributed by atoms with Crippen LogP contribution in [0.5, 0.6) is 0 Å². The van der Waals surface area contributed by atoms with E-state index in [0.29, 0.717) is 11.1 Å². The predicted octanol–water partition coefficient (Wildman–Crippen LogP) is 1.42. The van der Waals surface area contributed by atoms with E-state index in [-0.39, 0.29) is 13.2 Å². The van der Waals surface area contributed by atoms with Gasteiger partial charge in [-0.3, -0.25) is 0 Å². The van der Waals surface area contributed by atoms with Crippen molar-refractivity contribution in [3.63, 3.8) is 0 Å². The molecule has 0 atom stereocenters. The molecule has 0 aliphatic heterocycles. The fourth-order valence-corrected chi connectivity index (χ4v) is 2.02. The maximum atomic E-state index is 12.3. The molecule has 0 amide bonds. The number of benzene rings is 2. The molecule has 104 valence electrons. The molecule has 0 fully saturated rings. The average Bonchev–Trinajstić information content (AvgIpc) is 2.53. The van der Waals surface area contributed by atoms with Gasteiger partial charge < -0.3 is 15.6 Å². The Morgan fingerprint density at radius 2 is 1.45 bits per heavy atom. The van der Waals surface area contributed by atoms with Gasteiger partial charge in [-0.1, -0.05) is 60.7 Å². The molecule has 0 saturated carbocycles. The van der Waals surface area contributed by atoms with Gasteiger partial charge in [0, 0.05) is 6.54 Å². The Bertz CT molecular complexity index is 515. The van der Waals surface area contributed by atoms with Crippen LogP contribution in [0.2, 0.25) is 0 Å². The van der Waals surface area contributed by atoms with Gasteiger partial charge in [-0.05, 0) is 11.1 Å². The second-order valence-corrected chi connectivity index (χ2v) is 4.37. The molecule has 2 aromatic rings. The van der Waals surface area contributed by atoms with Gasteiger partial charge in [0.2, 0.25) is 5.60 Å². The minimum Gasteiger partial charge on any atom is -0.462 e. The third-order valence-electron chi connectivity index (χ3n) is 3.03. The van der Waals surface area contributed by atoms with Crippen LogP contribution in [-0.2, 0) is 15.1 Å². The van der Waals surface area contributed by atoms with E-state index in [0.717, 1.165) is 0 Å². The minimum absolute atomic E-state index is 0.0702. The lowest BCUT2D eigenvalue weighted by Crippen LogP contribution is -2.39. The molecule has 0 bridgehead atoms.